The number of anilines is 1. The summed E-state index contributed by atoms with van der Waals surface area (Å²) >= 11 is 5.50. The van der Waals surface area contributed by atoms with E-state index in [-0.39, 0.29) is 18.9 Å². The van der Waals surface area contributed by atoms with Crippen LogP contribution in [0.15, 0.2) is 42.6 Å². The van der Waals surface area contributed by atoms with Crippen LogP contribution in [0.1, 0.15) is 11.5 Å². The van der Waals surface area contributed by atoms with Gasteiger partial charge in [0.2, 0.25) is 0 Å². The van der Waals surface area contributed by atoms with E-state index in [2.05, 4.69) is 20.6 Å². The van der Waals surface area contributed by atoms with E-state index in [1.54, 1.807) is 19.2 Å². The van der Waals surface area contributed by atoms with Gasteiger partial charge in [0, 0.05) is 31.0 Å². The third kappa shape index (κ3) is 4.87. The molecule has 0 spiro atoms. The number of Topliss-reactive ketones (excluding diaryl/α,β-unsaturated/α-hetero) is 1. The maximum Gasteiger partial charge on any atom is 0.407 e. The monoisotopic (exact) mass is 399 g/mol. The van der Waals surface area contributed by atoms with Crippen LogP contribution in [-0.2, 0) is 11.3 Å². The number of aromatic nitrogens is 2. The number of benzene rings is 1. The van der Waals surface area contributed by atoms with Gasteiger partial charge in [-0.3, -0.25) is 9.69 Å². The zero-order chi connectivity index (χ0) is 20.1. The standard InChI is InChI=1S/C19H21N5O3S/c1-12-20-8-7-14(22-12)9-21-15-10-24(19(26)27)11-16(25)17(15)18(28)23-13-5-3-2-4-6-13/h2-8,15,17,21H,9-11H2,1H3,(H,23,28)(H,26,27). The van der Waals surface area contributed by atoms with Crippen LogP contribution in [0.5, 0.6) is 0 Å². The van der Waals surface area contributed by atoms with Gasteiger partial charge in [-0.25, -0.2) is 14.8 Å². The van der Waals surface area contributed by atoms with Crippen LogP contribution in [0.25, 0.3) is 0 Å². The molecule has 1 fully saturated rings. The van der Waals surface area contributed by atoms with Gasteiger partial charge in [-0.05, 0) is 25.1 Å². The molecule has 2 aromatic rings. The number of amides is 1. The Hall–Kier alpha value is -2.91. The first-order valence-corrected chi connectivity index (χ1v) is 9.23. The van der Waals surface area contributed by atoms with Gasteiger partial charge in [0.05, 0.1) is 23.1 Å². The third-order valence-electron chi connectivity index (χ3n) is 4.49. The normalized spacial score (nSPS) is 19.3. The van der Waals surface area contributed by atoms with Gasteiger partial charge in [0.15, 0.2) is 5.78 Å². The van der Waals surface area contributed by atoms with E-state index < -0.39 is 18.1 Å². The number of nitrogens with one attached hydrogen (secondary N) is 2. The molecule has 9 heteroatoms. The van der Waals surface area contributed by atoms with Crippen LogP contribution in [0.4, 0.5) is 10.5 Å². The van der Waals surface area contributed by atoms with Crippen molar-refractivity contribution in [1.82, 2.24) is 20.2 Å². The number of rotatable bonds is 5. The summed E-state index contributed by atoms with van der Waals surface area (Å²) in [4.78, 5) is 34.0. The number of carbonyl (C=O) groups is 2. The lowest BCUT2D eigenvalue weighted by atomic mass is 9.89. The number of nitrogens with zero attached hydrogens (tertiary/aromatic N) is 3. The molecule has 28 heavy (non-hydrogen) atoms. The van der Waals surface area contributed by atoms with Crippen molar-refractivity contribution in [1.29, 1.82) is 0 Å². The Labute approximate surface area is 168 Å². The number of ketones is 1. The SMILES string of the molecule is Cc1nccc(CNC2CN(C(=O)O)CC(=O)C2C(=S)Nc2ccccc2)n1. The molecule has 1 aliphatic rings. The summed E-state index contributed by atoms with van der Waals surface area (Å²) in [6.45, 7) is 2.15. The lowest BCUT2D eigenvalue weighted by molar-refractivity contribution is -0.124. The molecule has 8 nitrogen and oxygen atoms in total. The molecule has 3 N–H and O–H groups in total. The lowest BCUT2D eigenvalue weighted by Crippen LogP contribution is -2.59. The second kappa shape index (κ2) is 8.85. The molecular weight excluding hydrogens is 378 g/mol. The van der Waals surface area contributed by atoms with E-state index in [0.29, 0.717) is 17.4 Å². The van der Waals surface area contributed by atoms with E-state index in [4.69, 9.17) is 12.2 Å². The first-order chi connectivity index (χ1) is 13.4. The molecule has 1 aromatic heterocycles. The van der Waals surface area contributed by atoms with Crippen molar-refractivity contribution >= 4 is 34.8 Å². The van der Waals surface area contributed by atoms with E-state index in [1.807, 2.05) is 30.3 Å². The molecule has 1 aromatic carbocycles. The summed E-state index contributed by atoms with van der Waals surface area (Å²) in [5.41, 5.74) is 1.54. The number of hydrogen-bond acceptors (Lipinski definition) is 6. The molecule has 0 bridgehead atoms. The Balaban J connectivity index is 1.76. The zero-order valence-electron chi connectivity index (χ0n) is 15.3. The van der Waals surface area contributed by atoms with E-state index in [9.17, 15) is 14.7 Å². The fourth-order valence-electron chi connectivity index (χ4n) is 3.16. The maximum absolute atomic E-state index is 12.7. The van der Waals surface area contributed by atoms with Crippen LogP contribution >= 0.6 is 12.2 Å². The topological polar surface area (TPSA) is 107 Å². The summed E-state index contributed by atoms with van der Waals surface area (Å²) in [5, 5.41) is 15.7. The third-order valence-corrected chi connectivity index (χ3v) is 4.84. The van der Waals surface area contributed by atoms with Crippen molar-refractivity contribution < 1.29 is 14.7 Å². The Bertz CT molecular complexity index is 877. The van der Waals surface area contributed by atoms with Crippen LogP contribution in [0, 0.1) is 12.8 Å². The number of likely N-dealkylation sites (tertiary alicyclic amines) is 1. The number of thiocarbonyl (C=S) groups is 1. The molecule has 2 atom stereocenters. The smallest absolute Gasteiger partial charge is 0.407 e. The Morgan fingerprint density at radius 2 is 2.07 bits per heavy atom. The zero-order valence-corrected chi connectivity index (χ0v) is 16.1. The molecule has 0 saturated carbocycles. The molecule has 146 valence electrons. The average molecular weight is 399 g/mol. The highest BCUT2D eigenvalue weighted by atomic mass is 32.1. The Kier molecular flexibility index (Phi) is 6.27. The molecule has 1 amide bonds. The fraction of sp³-hybridized carbons (Fsp3) is 0.316. The van der Waals surface area contributed by atoms with Crippen molar-refractivity contribution in [3.05, 3.63) is 54.1 Å². The predicted octanol–water partition coefficient (Wildman–Crippen LogP) is 1.86. The van der Waals surface area contributed by atoms with Gasteiger partial charge < -0.3 is 15.7 Å². The maximum atomic E-state index is 12.7. The molecule has 1 saturated heterocycles. The molecule has 2 heterocycles. The minimum Gasteiger partial charge on any atom is -0.465 e. The summed E-state index contributed by atoms with van der Waals surface area (Å²) in [6, 6.07) is 10.6. The summed E-state index contributed by atoms with van der Waals surface area (Å²) in [7, 11) is 0. The van der Waals surface area contributed by atoms with Gasteiger partial charge in [0.1, 0.15) is 5.82 Å². The van der Waals surface area contributed by atoms with Gasteiger partial charge in [-0.2, -0.15) is 0 Å². The average Bonchev–Trinajstić information content (AvgIpc) is 2.66. The van der Waals surface area contributed by atoms with Crippen molar-refractivity contribution in [2.45, 2.75) is 19.5 Å². The van der Waals surface area contributed by atoms with Gasteiger partial charge in [-0.1, -0.05) is 30.4 Å². The van der Waals surface area contributed by atoms with Crippen molar-refractivity contribution in [2.24, 2.45) is 5.92 Å². The minimum atomic E-state index is -1.13. The van der Waals surface area contributed by atoms with Crippen molar-refractivity contribution in [3.63, 3.8) is 0 Å². The van der Waals surface area contributed by atoms with Crippen LogP contribution in [0.2, 0.25) is 0 Å². The summed E-state index contributed by atoms with van der Waals surface area (Å²) < 4.78 is 0. The molecular formula is C19H21N5O3S. The first kappa shape index (κ1) is 19.8. The quantitative estimate of drug-likeness (QED) is 0.654. The van der Waals surface area contributed by atoms with E-state index in [1.165, 1.54) is 0 Å². The number of hydrogen-bond donors (Lipinski definition) is 3. The summed E-state index contributed by atoms with van der Waals surface area (Å²) in [5.74, 6) is -0.226. The second-order valence-electron chi connectivity index (χ2n) is 6.54. The van der Waals surface area contributed by atoms with Crippen LogP contribution < -0.4 is 10.6 Å². The van der Waals surface area contributed by atoms with Crippen LogP contribution in [-0.4, -0.2) is 56.0 Å². The fourth-order valence-corrected chi connectivity index (χ4v) is 3.57. The Morgan fingerprint density at radius 1 is 1.32 bits per heavy atom. The molecule has 0 aliphatic carbocycles. The number of carbonyl (C=O) groups excluding carboxylic acids is 1. The second-order valence-corrected chi connectivity index (χ2v) is 6.98. The largest absolute Gasteiger partial charge is 0.465 e. The lowest BCUT2D eigenvalue weighted by Gasteiger charge is -2.37. The molecule has 2 unspecified atom stereocenters. The summed E-state index contributed by atoms with van der Waals surface area (Å²) in [6.07, 6.45) is 0.534. The van der Waals surface area contributed by atoms with Crippen molar-refractivity contribution in [3.8, 4) is 0 Å². The minimum absolute atomic E-state index is 0.159. The molecule has 1 aliphatic heterocycles. The molecule has 0 radical (unpaired) electrons. The number of para-hydroxylation sites is 1. The number of piperidine rings is 1. The highest BCUT2D eigenvalue weighted by Crippen LogP contribution is 2.20. The van der Waals surface area contributed by atoms with Gasteiger partial charge in [0.25, 0.3) is 0 Å². The highest BCUT2D eigenvalue weighted by Gasteiger charge is 2.40. The number of aryl methyl sites for hydroxylation is 1. The van der Waals surface area contributed by atoms with Crippen molar-refractivity contribution in [2.75, 3.05) is 18.4 Å². The van der Waals surface area contributed by atoms with E-state index >= 15 is 0 Å². The van der Waals surface area contributed by atoms with Crippen LogP contribution in [0.3, 0.4) is 0 Å². The predicted molar refractivity (Wildman–Crippen MR) is 108 cm³/mol. The van der Waals surface area contributed by atoms with E-state index in [0.717, 1.165) is 16.3 Å². The Morgan fingerprint density at radius 3 is 2.75 bits per heavy atom. The molecule has 3 rings (SSSR count). The van der Waals surface area contributed by atoms with Gasteiger partial charge in [-0.15, -0.1) is 0 Å². The first-order valence-electron chi connectivity index (χ1n) is 8.82. The highest BCUT2D eigenvalue weighted by molar-refractivity contribution is 7.80. The number of carboxylic acid groups (broad SMARTS) is 1. The van der Waals surface area contributed by atoms with Gasteiger partial charge >= 0.3 is 6.09 Å².